The Balaban J connectivity index is 1.30. The smallest absolute Gasteiger partial charge is 0.238 e. The normalized spacial score (nSPS) is 15.3. The summed E-state index contributed by atoms with van der Waals surface area (Å²) in [5.41, 5.74) is 5.34. The molecule has 2 aromatic carbocycles. The molecule has 0 radical (unpaired) electrons. The summed E-state index contributed by atoms with van der Waals surface area (Å²) >= 11 is 0. The number of anilines is 1. The van der Waals surface area contributed by atoms with E-state index in [4.69, 9.17) is 4.52 Å². The number of aryl methyl sites for hydroxylation is 3. The van der Waals surface area contributed by atoms with Crippen LogP contribution in [0.25, 0.3) is 11.4 Å². The van der Waals surface area contributed by atoms with Crippen LogP contribution in [-0.2, 0) is 4.79 Å². The van der Waals surface area contributed by atoms with Gasteiger partial charge in [0.25, 0.3) is 0 Å². The van der Waals surface area contributed by atoms with Crippen LogP contribution < -0.4 is 5.32 Å². The summed E-state index contributed by atoms with van der Waals surface area (Å²) in [6.45, 7) is 8.21. The monoisotopic (exact) mass is 404 g/mol. The maximum Gasteiger partial charge on any atom is 0.238 e. The molecule has 1 N–H and O–H groups in total. The van der Waals surface area contributed by atoms with Crippen LogP contribution in [0.3, 0.4) is 0 Å². The number of hydrogen-bond acceptors (Lipinski definition) is 5. The van der Waals surface area contributed by atoms with Gasteiger partial charge in [-0.2, -0.15) is 4.98 Å². The SMILES string of the molecule is Cc1ccc(-c2noc(C3CCN(CC(=O)Nc4ccc(C)cc4C)CC3)n2)cc1. The van der Waals surface area contributed by atoms with Gasteiger partial charge in [-0.3, -0.25) is 9.69 Å². The number of likely N-dealkylation sites (tertiary alicyclic amines) is 1. The predicted molar refractivity (Wildman–Crippen MR) is 117 cm³/mol. The van der Waals surface area contributed by atoms with Gasteiger partial charge in [0.15, 0.2) is 0 Å². The number of benzene rings is 2. The van der Waals surface area contributed by atoms with Crippen molar-refractivity contribution in [3.8, 4) is 11.4 Å². The Kier molecular flexibility index (Phi) is 5.95. The number of piperidine rings is 1. The zero-order valence-electron chi connectivity index (χ0n) is 17.8. The molecule has 1 aliphatic rings. The van der Waals surface area contributed by atoms with Crippen molar-refractivity contribution in [3.63, 3.8) is 0 Å². The number of carbonyl (C=O) groups excluding carboxylic acids is 1. The minimum atomic E-state index is 0.0276. The highest BCUT2D eigenvalue weighted by Crippen LogP contribution is 2.28. The van der Waals surface area contributed by atoms with Crippen molar-refractivity contribution >= 4 is 11.6 Å². The maximum absolute atomic E-state index is 12.5. The molecule has 0 aliphatic carbocycles. The molecule has 156 valence electrons. The Morgan fingerprint density at radius 2 is 1.77 bits per heavy atom. The van der Waals surface area contributed by atoms with Gasteiger partial charge in [-0.1, -0.05) is 52.7 Å². The zero-order valence-corrected chi connectivity index (χ0v) is 17.8. The standard InChI is InChI=1S/C24H28N4O2/c1-16-4-7-19(8-5-16)23-26-24(30-27-23)20-10-12-28(13-11-20)15-22(29)25-21-9-6-17(2)14-18(21)3/h4-9,14,20H,10-13,15H2,1-3H3,(H,25,29). The van der Waals surface area contributed by atoms with Crippen molar-refractivity contribution in [1.29, 1.82) is 0 Å². The van der Waals surface area contributed by atoms with E-state index in [-0.39, 0.29) is 11.8 Å². The lowest BCUT2D eigenvalue weighted by Gasteiger charge is -2.29. The summed E-state index contributed by atoms with van der Waals surface area (Å²) in [5.74, 6) is 1.61. The van der Waals surface area contributed by atoms with Crippen LogP contribution in [0.5, 0.6) is 0 Å². The molecule has 1 aromatic heterocycles. The first kappa shape index (κ1) is 20.3. The van der Waals surface area contributed by atoms with E-state index < -0.39 is 0 Å². The molecule has 4 rings (SSSR count). The summed E-state index contributed by atoms with van der Waals surface area (Å²) in [6, 6.07) is 14.2. The molecule has 1 fully saturated rings. The second-order valence-electron chi connectivity index (χ2n) is 8.24. The van der Waals surface area contributed by atoms with Crippen molar-refractivity contribution in [2.45, 2.75) is 39.5 Å². The summed E-state index contributed by atoms with van der Waals surface area (Å²) in [6.07, 6.45) is 1.82. The van der Waals surface area contributed by atoms with Gasteiger partial charge in [0.05, 0.1) is 6.54 Å². The van der Waals surface area contributed by atoms with E-state index >= 15 is 0 Å². The molecule has 2 heterocycles. The topological polar surface area (TPSA) is 71.3 Å². The van der Waals surface area contributed by atoms with Crippen LogP contribution in [0.15, 0.2) is 47.0 Å². The van der Waals surface area contributed by atoms with Gasteiger partial charge in [-0.05, 0) is 58.3 Å². The molecule has 1 saturated heterocycles. The zero-order chi connectivity index (χ0) is 21.1. The van der Waals surface area contributed by atoms with E-state index in [1.54, 1.807) is 0 Å². The van der Waals surface area contributed by atoms with Crippen molar-refractivity contribution < 1.29 is 9.32 Å². The minimum Gasteiger partial charge on any atom is -0.339 e. The van der Waals surface area contributed by atoms with Crippen LogP contribution >= 0.6 is 0 Å². The van der Waals surface area contributed by atoms with E-state index in [0.717, 1.165) is 42.7 Å². The highest BCUT2D eigenvalue weighted by Gasteiger charge is 2.26. The van der Waals surface area contributed by atoms with Crippen LogP contribution in [0.2, 0.25) is 0 Å². The Morgan fingerprint density at radius 3 is 2.47 bits per heavy atom. The second kappa shape index (κ2) is 8.79. The summed E-state index contributed by atoms with van der Waals surface area (Å²) in [4.78, 5) is 19.3. The van der Waals surface area contributed by atoms with Gasteiger partial charge in [0.1, 0.15) is 0 Å². The fourth-order valence-corrected chi connectivity index (χ4v) is 3.91. The van der Waals surface area contributed by atoms with Gasteiger partial charge in [0, 0.05) is 17.2 Å². The van der Waals surface area contributed by atoms with Crippen molar-refractivity contribution in [1.82, 2.24) is 15.0 Å². The molecule has 0 spiro atoms. The van der Waals surface area contributed by atoms with Crippen LogP contribution in [0.1, 0.15) is 41.3 Å². The molecule has 6 heteroatoms. The molecule has 1 aliphatic heterocycles. The van der Waals surface area contributed by atoms with E-state index in [1.807, 2.05) is 43.3 Å². The van der Waals surface area contributed by atoms with Crippen molar-refractivity contribution in [2.75, 3.05) is 25.0 Å². The Morgan fingerprint density at radius 1 is 1.07 bits per heavy atom. The molecule has 0 atom stereocenters. The Bertz CT molecular complexity index is 1020. The Hall–Kier alpha value is -2.99. The third-order valence-corrected chi connectivity index (χ3v) is 5.71. The number of nitrogens with zero attached hydrogens (tertiary/aromatic N) is 3. The van der Waals surface area contributed by atoms with E-state index in [9.17, 15) is 4.79 Å². The number of hydrogen-bond donors (Lipinski definition) is 1. The first-order chi connectivity index (χ1) is 14.5. The first-order valence-corrected chi connectivity index (χ1v) is 10.5. The molecule has 30 heavy (non-hydrogen) atoms. The number of nitrogens with one attached hydrogen (secondary N) is 1. The van der Waals surface area contributed by atoms with E-state index in [1.165, 1.54) is 11.1 Å². The molecule has 0 bridgehead atoms. The lowest BCUT2D eigenvalue weighted by Crippen LogP contribution is -2.38. The highest BCUT2D eigenvalue weighted by atomic mass is 16.5. The van der Waals surface area contributed by atoms with Gasteiger partial charge in [0.2, 0.25) is 17.6 Å². The number of carbonyl (C=O) groups is 1. The summed E-state index contributed by atoms with van der Waals surface area (Å²) < 4.78 is 5.55. The third kappa shape index (κ3) is 4.76. The Labute approximate surface area is 177 Å². The quantitative estimate of drug-likeness (QED) is 0.679. The lowest BCUT2D eigenvalue weighted by atomic mass is 9.97. The highest BCUT2D eigenvalue weighted by molar-refractivity contribution is 5.93. The summed E-state index contributed by atoms with van der Waals surface area (Å²) in [5, 5.41) is 7.19. The number of aromatic nitrogens is 2. The molecule has 1 amide bonds. The van der Waals surface area contributed by atoms with Gasteiger partial charge in [-0.15, -0.1) is 0 Å². The van der Waals surface area contributed by atoms with Crippen LogP contribution in [0, 0.1) is 20.8 Å². The molecule has 6 nitrogen and oxygen atoms in total. The lowest BCUT2D eigenvalue weighted by molar-refractivity contribution is -0.117. The average molecular weight is 405 g/mol. The van der Waals surface area contributed by atoms with Gasteiger partial charge >= 0.3 is 0 Å². The number of amides is 1. The molecular formula is C24H28N4O2. The van der Waals surface area contributed by atoms with Gasteiger partial charge in [-0.25, -0.2) is 0 Å². The molecule has 0 unspecified atom stereocenters. The largest absolute Gasteiger partial charge is 0.339 e. The molecule has 0 saturated carbocycles. The van der Waals surface area contributed by atoms with Crippen LogP contribution in [0.4, 0.5) is 5.69 Å². The second-order valence-corrected chi connectivity index (χ2v) is 8.24. The average Bonchev–Trinajstić information content (AvgIpc) is 3.21. The van der Waals surface area contributed by atoms with Crippen LogP contribution in [-0.4, -0.2) is 40.6 Å². The van der Waals surface area contributed by atoms with E-state index in [2.05, 4.69) is 40.3 Å². The van der Waals surface area contributed by atoms with Gasteiger partial charge < -0.3 is 9.84 Å². The minimum absolute atomic E-state index is 0.0276. The van der Waals surface area contributed by atoms with Crippen molar-refractivity contribution in [3.05, 3.63) is 65.0 Å². The molecular weight excluding hydrogens is 376 g/mol. The fraction of sp³-hybridized carbons (Fsp3) is 0.375. The predicted octanol–water partition coefficient (Wildman–Crippen LogP) is 4.48. The van der Waals surface area contributed by atoms with Crippen molar-refractivity contribution in [2.24, 2.45) is 0 Å². The number of rotatable bonds is 5. The maximum atomic E-state index is 12.5. The fourth-order valence-electron chi connectivity index (χ4n) is 3.91. The summed E-state index contributed by atoms with van der Waals surface area (Å²) in [7, 11) is 0. The third-order valence-electron chi connectivity index (χ3n) is 5.71. The molecule has 3 aromatic rings. The van der Waals surface area contributed by atoms with E-state index in [0.29, 0.717) is 18.3 Å². The first-order valence-electron chi connectivity index (χ1n) is 10.5.